The average Bonchev–Trinajstić information content (AvgIpc) is 1.59. The van der Waals surface area contributed by atoms with E-state index in [2.05, 4.69) is 0 Å². The molecule has 0 spiro atoms. The van der Waals surface area contributed by atoms with Gasteiger partial charge < -0.3 is 0 Å². The molecule has 0 aliphatic carbocycles. The van der Waals surface area contributed by atoms with Crippen molar-refractivity contribution >= 4 is 0 Å². The van der Waals surface area contributed by atoms with E-state index in [-0.39, 0.29) is 5.41 Å². The maximum atomic E-state index is 9.76. The Kier molecular flexibility index (Phi) is 2.37. The molecule has 0 aliphatic rings. The van der Waals surface area contributed by atoms with E-state index in [1.165, 1.54) is 0 Å². The molecule has 0 saturated heterocycles. The second kappa shape index (κ2) is 2.62. The molecule has 0 radical (unpaired) electrons. The molecule has 0 bridgehead atoms. The zero-order valence-corrected chi connectivity index (χ0v) is 5.92. The van der Waals surface area contributed by atoms with Crippen LogP contribution in [0.25, 0.3) is 0 Å². The van der Waals surface area contributed by atoms with Gasteiger partial charge in [0.1, 0.15) is 0 Å². The molecular formula is C6H11NO2. The Balaban J connectivity index is 3.86. The van der Waals surface area contributed by atoms with Crippen molar-refractivity contribution < 1.29 is 4.92 Å². The molecule has 52 valence electrons. The van der Waals surface area contributed by atoms with Crippen molar-refractivity contribution in [3.05, 3.63) is 22.4 Å². The number of hydrogen-bond donors (Lipinski definition) is 0. The molecule has 0 aromatic heterocycles. The summed E-state index contributed by atoms with van der Waals surface area (Å²) in [6.07, 6.45) is 2.53. The maximum absolute atomic E-state index is 9.76. The SMILES string of the molecule is CC(C)(C)/C=C\[N+](=O)[O-]. The van der Waals surface area contributed by atoms with Crippen molar-refractivity contribution in [3.8, 4) is 0 Å². The van der Waals surface area contributed by atoms with Crippen LogP contribution in [-0.2, 0) is 0 Å². The van der Waals surface area contributed by atoms with Crippen molar-refractivity contribution in [1.82, 2.24) is 0 Å². The molecule has 0 unspecified atom stereocenters. The minimum atomic E-state index is -0.453. The van der Waals surface area contributed by atoms with Crippen molar-refractivity contribution in [2.24, 2.45) is 5.41 Å². The zero-order valence-electron chi connectivity index (χ0n) is 5.92. The van der Waals surface area contributed by atoms with Crippen LogP contribution in [0.1, 0.15) is 20.8 Å². The highest BCUT2D eigenvalue weighted by Gasteiger charge is 2.05. The molecule has 0 saturated carbocycles. The summed E-state index contributed by atoms with van der Waals surface area (Å²) in [5.74, 6) is 0. The second-order valence-corrected chi connectivity index (χ2v) is 2.97. The van der Waals surface area contributed by atoms with Crippen LogP contribution in [0.15, 0.2) is 12.3 Å². The van der Waals surface area contributed by atoms with Gasteiger partial charge in [0.15, 0.2) is 0 Å². The number of hydrogen-bond acceptors (Lipinski definition) is 2. The van der Waals surface area contributed by atoms with E-state index in [9.17, 15) is 10.1 Å². The summed E-state index contributed by atoms with van der Waals surface area (Å²) in [4.78, 5) is 9.31. The molecule has 0 aliphatic heterocycles. The first kappa shape index (κ1) is 8.14. The Morgan fingerprint density at radius 1 is 1.44 bits per heavy atom. The Morgan fingerprint density at radius 2 is 1.89 bits per heavy atom. The molecule has 9 heavy (non-hydrogen) atoms. The minimum absolute atomic E-state index is 0.0902. The molecule has 0 fully saturated rings. The standard InChI is InChI=1S/C6H11NO2/c1-6(2,3)4-5-7(8)9/h4-5H,1-3H3/b5-4-. The third-order valence-electron chi connectivity index (χ3n) is 0.696. The molecule has 0 aromatic rings. The second-order valence-electron chi connectivity index (χ2n) is 2.97. The number of nitrogens with zero attached hydrogens (tertiary/aromatic N) is 1. The Morgan fingerprint density at radius 3 is 2.00 bits per heavy atom. The van der Waals surface area contributed by atoms with Gasteiger partial charge in [-0.05, 0) is 11.5 Å². The molecule has 0 aromatic carbocycles. The fourth-order valence-corrected chi connectivity index (χ4v) is 0.284. The lowest BCUT2D eigenvalue weighted by Gasteiger charge is -2.07. The van der Waals surface area contributed by atoms with Gasteiger partial charge >= 0.3 is 0 Å². The summed E-state index contributed by atoms with van der Waals surface area (Å²) in [5, 5.41) is 9.76. The summed E-state index contributed by atoms with van der Waals surface area (Å²) < 4.78 is 0. The van der Waals surface area contributed by atoms with Gasteiger partial charge in [0.2, 0.25) is 6.20 Å². The monoisotopic (exact) mass is 129 g/mol. The topological polar surface area (TPSA) is 43.1 Å². The van der Waals surface area contributed by atoms with Gasteiger partial charge in [-0.1, -0.05) is 20.8 Å². The lowest BCUT2D eigenvalue weighted by molar-refractivity contribution is -0.403. The van der Waals surface area contributed by atoms with E-state index in [0.29, 0.717) is 0 Å². The van der Waals surface area contributed by atoms with Crippen LogP contribution >= 0.6 is 0 Å². The minimum Gasteiger partial charge on any atom is -0.259 e. The maximum Gasteiger partial charge on any atom is 0.231 e. The van der Waals surface area contributed by atoms with E-state index in [1.54, 1.807) is 6.08 Å². The average molecular weight is 129 g/mol. The van der Waals surface area contributed by atoms with Crippen molar-refractivity contribution in [3.63, 3.8) is 0 Å². The first-order valence-electron chi connectivity index (χ1n) is 2.75. The van der Waals surface area contributed by atoms with Gasteiger partial charge in [0, 0.05) is 0 Å². The van der Waals surface area contributed by atoms with E-state index in [4.69, 9.17) is 0 Å². The van der Waals surface area contributed by atoms with Gasteiger partial charge in [-0.15, -0.1) is 0 Å². The number of rotatable bonds is 1. The molecule has 3 nitrogen and oxygen atoms in total. The fourth-order valence-electron chi connectivity index (χ4n) is 0.284. The Hall–Kier alpha value is -0.860. The fraction of sp³-hybridized carbons (Fsp3) is 0.667. The molecule has 0 heterocycles. The highest BCUT2D eigenvalue weighted by Crippen LogP contribution is 2.13. The normalized spacial score (nSPS) is 12.3. The molecule has 0 rings (SSSR count). The molecule has 0 amide bonds. The van der Waals surface area contributed by atoms with Crippen LogP contribution in [-0.4, -0.2) is 4.92 Å². The quantitative estimate of drug-likeness (QED) is 0.400. The molecule has 0 N–H and O–H groups in total. The first-order valence-corrected chi connectivity index (χ1v) is 2.75. The van der Waals surface area contributed by atoms with E-state index in [0.717, 1.165) is 6.20 Å². The molecule has 3 heteroatoms. The highest BCUT2D eigenvalue weighted by molar-refractivity contribution is 4.86. The third-order valence-corrected chi connectivity index (χ3v) is 0.696. The predicted octanol–water partition coefficient (Wildman–Crippen LogP) is 1.82. The van der Waals surface area contributed by atoms with Gasteiger partial charge in [-0.25, -0.2) is 0 Å². The van der Waals surface area contributed by atoms with Crippen LogP contribution in [0, 0.1) is 15.5 Å². The lowest BCUT2D eigenvalue weighted by atomic mass is 9.97. The van der Waals surface area contributed by atoms with Gasteiger partial charge in [0.25, 0.3) is 0 Å². The summed E-state index contributed by atoms with van der Waals surface area (Å²) in [6.45, 7) is 5.73. The largest absolute Gasteiger partial charge is 0.259 e. The Labute approximate surface area is 54.5 Å². The van der Waals surface area contributed by atoms with Crippen molar-refractivity contribution in [1.29, 1.82) is 0 Å². The molecule has 0 atom stereocenters. The summed E-state index contributed by atoms with van der Waals surface area (Å²) in [6, 6.07) is 0. The van der Waals surface area contributed by atoms with Crippen LogP contribution in [0.5, 0.6) is 0 Å². The Bertz CT molecular complexity index is 132. The predicted molar refractivity (Wildman–Crippen MR) is 35.6 cm³/mol. The highest BCUT2D eigenvalue weighted by atomic mass is 16.6. The van der Waals surface area contributed by atoms with E-state index in [1.807, 2.05) is 20.8 Å². The number of nitro groups is 1. The lowest BCUT2D eigenvalue weighted by Crippen LogP contribution is -2.00. The smallest absolute Gasteiger partial charge is 0.231 e. The number of allylic oxidation sites excluding steroid dienone is 1. The van der Waals surface area contributed by atoms with Crippen LogP contribution in [0.3, 0.4) is 0 Å². The van der Waals surface area contributed by atoms with E-state index < -0.39 is 4.92 Å². The summed E-state index contributed by atoms with van der Waals surface area (Å²) in [5.41, 5.74) is -0.0902. The van der Waals surface area contributed by atoms with E-state index >= 15 is 0 Å². The van der Waals surface area contributed by atoms with Crippen LogP contribution in [0.2, 0.25) is 0 Å². The first-order chi connectivity index (χ1) is 3.92. The third kappa shape index (κ3) is 7.14. The van der Waals surface area contributed by atoms with Crippen molar-refractivity contribution in [2.45, 2.75) is 20.8 Å². The zero-order chi connectivity index (χ0) is 7.49. The van der Waals surface area contributed by atoms with Crippen LogP contribution in [0.4, 0.5) is 0 Å². The van der Waals surface area contributed by atoms with Gasteiger partial charge in [0.05, 0.1) is 4.92 Å². The van der Waals surface area contributed by atoms with Gasteiger partial charge in [-0.2, -0.15) is 0 Å². The van der Waals surface area contributed by atoms with Gasteiger partial charge in [-0.3, -0.25) is 10.1 Å². The molecular weight excluding hydrogens is 118 g/mol. The van der Waals surface area contributed by atoms with Crippen molar-refractivity contribution in [2.75, 3.05) is 0 Å². The summed E-state index contributed by atoms with van der Waals surface area (Å²) in [7, 11) is 0. The van der Waals surface area contributed by atoms with Crippen LogP contribution < -0.4 is 0 Å². The summed E-state index contributed by atoms with van der Waals surface area (Å²) >= 11 is 0.